The highest BCUT2D eigenvalue weighted by molar-refractivity contribution is 5.28. The number of hydrogen-bond donors (Lipinski definition) is 1. The molecule has 0 bridgehead atoms. The maximum absolute atomic E-state index is 13.1. The molecule has 14 heavy (non-hydrogen) atoms. The van der Waals surface area contributed by atoms with Gasteiger partial charge >= 0.3 is 0 Å². The van der Waals surface area contributed by atoms with Crippen LogP contribution in [0.15, 0.2) is 24.3 Å². The van der Waals surface area contributed by atoms with E-state index < -0.39 is 12.5 Å². The van der Waals surface area contributed by atoms with E-state index >= 15 is 0 Å². The Hall–Kier alpha value is -0.960. The van der Waals surface area contributed by atoms with Gasteiger partial charge < -0.3 is 5.11 Å². The van der Waals surface area contributed by atoms with E-state index in [0.717, 1.165) is 5.56 Å². The summed E-state index contributed by atoms with van der Waals surface area (Å²) in [6.45, 7) is 2.74. The lowest BCUT2D eigenvalue weighted by Gasteiger charge is -2.15. The summed E-state index contributed by atoms with van der Waals surface area (Å²) in [4.78, 5) is 0. The number of aliphatic hydroxyl groups is 1. The molecule has 3 heteroatoms. The summed E-state index contributed by atoms with van der Waals surface area (Å²) in [5.41, 5.74) is 0.738. The quantitative estimate of drug-likeness (QED) is 0.795. The van der Waals surface area contributed by atoms with E-state index in [0.29, 0.717) is 0 Å². The van der Waals surface area contributed by atoms with Crippen molar-refractivity contribution in [1.82, 2.24) is 0 Å². The Morgan fingerprint density at radius 1 is 1.36 bits per heavy atom. The van der Waals surface area contributed by atoms with Crippen molar-refractivity contribution in [3.8, 4) is 0 Å². The largest absolute Gasteiger partial charge is 0.390 e. The fourth-order valence-electron chi connectivity index (χ4n) is 1.22. The van der Waals surface area contributed by atoms with Crippen molar-refractivity contribution in [3.63, 3.8) is 0 Å². The predicted molar refractivity (Wildman–Crippen MR) is 51.5 cm³/mol. The van der Waals surface area contributed by atoms with Crippen LogP contribution in [0, 0.1) is 0 Å². The van der Waals surface area contributed by atoms with Gasteiger partial charge in [-0.3, -0.25) is 0 Å². The predicted octanol–water partition coefficient (Wildman–Crippen LogP) is 2.89. The van der Waals surface area contributed by atoms with Crippen LogP contribution in [0.4, 0.5) is 8.78 Å². The Morgan fingerprint density at radius 3 is 2.50 bits per heavy atom. The van der Waals surface area contributed by atoms with Crippen molar-refractivity contribution in [2.24, 2.45) is 0 Å². The van der Waals surface area contributed by atoms with E-state index in [4.69, 9.17) is 5.11 Å². The second-order valence-corrected chi connectivity index (χ2v) is 3.64. The molecule has 0 radical (unpaired) electrons. The maximum atomic E-state index is 13.1. The Bertz CT molecular complexity index is 308. The molecule has 1 nitrogen and oxygen atoms in total. The van der Waals surface area contributed by atoms with Crippen molar-refractivity contribution < 1.29 is 13.9 Å². The summed E-state index contributed by atoms with van der Waals surface area (Å²) < 4.78 is 26.2. The highest BCUT2D eigenvalue weighted by Gasteiger charge is 2.30. The summed E-state index contributed by atoms with van der Waals surface area (Å²) in [7, 11) is 0. The summed E-state index contributed by atoms with van der Waals surface area (Å²) in [6.07, 6.45) is 0. The number of halogens is 2. The number of aliphatic hydroxyl groups excluding tert-OH is 1. The highest BCUT2D eigenvalue weighted by atomic mass is 19.3. The SMILES string of the molecule is CC(C)c1cccc(C(F)(F)CO)c1. The Balaban J connectivity index is 3.05. The molecule has 0 spiro atoms. The molecule has 1 aromatic carbocycles. The van der Waals surface area contributed by atoms with E-state index in [1.807, 2.05) is 19.9 Å². The molecule has 1 rings (SSSR count). The number of hydrogen-bond acceptors (Lipinski definition) is 1. The highest BCUT2D eigenvalue weighted by Crippen LogP contribution is 2.29. The molecule has 0 unspecified atom stereocenters. The Kier molecular flexibility index (Phi) is 3.21. The zero-order valence-electron chi connectivity index (χ0n) is 8.30. The third kappa shape index (κ3) is 2.29. The minimum absolute atomic E-state index is 0.119. The number of benzene rings is 1. The zero-order valence-corrected chi connectivity index (χ0v) is 8.30. The average Bonchev–Trinajstić information content (AvgIpc) is 2.18. The van der Waals surface area contributed by atoms with E-state index in [1.165, 1.54) is 12.1 Å². The van der Waals surface area contributed by atoms with Crippen molar-refractivity contribution in [1.29, 1.82) is 0 Å². The molecule has 0 amide bonds. The lowest BCUT2D eigenvalue weighted by molar-refractivity contribution is -0.0556. The van der Waals surface area contributed by atoms with Gasteiger partial charge in [-0.2, -0.15) is 8.78 Å². The molecule has 0 aliphatic rings. The first-order chi connectivity index (χ1) is 6.47. The van der Waals surface area contributed by atoms with E-state index in [1.54, 1.807) is 6.07 Å². The van der Waals surface area contributed by atoms with Crippen LogP contribution >= 0.6 is 0 Å². The first-order valence-electron chi connectivity index (χ1n) is 4.56. The standard InChI is InChI=1S/C11H14F2O/c1-8(2)9-4-3-5-10(6-9)11(12,13)7-14/h3-6,8,14H,7H2,1-2H3. The summed E-state index contributed by atoms with van der Waals surface area (Å²) >= 11 is 0. The first-order valence-corrected chi connectivity index (χ1v) is 4.56. The van der Waals surface area contributed by atoms with Gasteiger partial charge in [-0.15, -0.1) is 0 Å². The van der Waals surface area contributed by atoms with Crippen molar-refractivity contribution in [2.45, 2.75) is 25.7 Å². The second-order valence-electron chi connectivity index (χ2n) is 3.64. The molecule has 78 valence electrons. The van der Waals surface area contributed by atoms with Gasteiger partial charge in [-0.25, -0.2) is 0 Å². The molecule has 0 aliphatic heterocycles. The van der Waals surface area contributed by atoms with Crippen molar-refractivity contribution in [3.05, 3.63) is 35.4 Å². The van der Waals surface area contributed by atoms with Crippen molar-refractivity contribution in [2.75, 3.05) is 6.61 Å². The molecule has 1 N–H and O–H groups in total. The molecule has 1 aromatic rings. The fourth-order valence-corrected chi connectivity index (χ4v) is 1.22. The van der Waals surface area contributed by atoms with Crippen LogP contribution in [0.2, 0.25) is 0 Å². The van der Waals surface area contributed by atoms with Gasteiger partial charge in [0.1, 0.15) is 6.61 Å². The Labute approximate surface area is 82.4 Å². The lowest BCUT2D eigenvalue weighted by Crippen LogP contribution is -2.18. The molecule has 0 fully saturated rings. The van der Waals surface area contributed by atoms with Crippen LogP contribution < -0.4 is 0 Å². The third-order valence-electron chi connectivity index (χ3n) is 2.17. The summed E-state index contributed by atoms with van der Waals surface area (Å²) in [6, 6.07) is 6.18. The van der Waals surface area contributed by atoms with Gasteiger partial charge in [-0.1, -0.05) is 32.0 Å². The molecule has 0 heterocycles. The third-order valence-corrected chi connectivity index (χ3v) is 2.17. The first kappa shape index (κ1) is 11.1. The van der Waals surface area contributed by atoms with Crippen LogP contribution in [-0.2, 0) is 5.92 Å². The van der Waals surface area contributed by atoms with E-state index in [9.17, 15) is 8.78 Å². The normalized spacial score (nSPS) is 12.1. The number of rotatable bonds is 3. The van der Waals surface area contributed by atoms with Crippen LogP contribution in [-0.4, -0.2) is 11.7 Å². The minimum Gasteiger partial charge on any atom is -0.390 e. The Morgan fingerprint density at radius 2 is 2.00 bits per heavy atom. The van der Waals surface area contributed by atoms with Crippen LogP contribution in [0.25, 0.3) is 0 Å². The van der Waals surface area contributed by atoms with Crippen LogP contribution in [0.1, 0.15) is 30.9 Å². The molecule has 0 aromatic heterocycles. The smallest absolute Gasteiger partial charge is 0.295 e. The molecular weight excluding hydrogens is 186 g/mol. The van der Waals surface area contributed by atoms with Gasteiger partial charge in [0.15, 0.2) is 0 Å². The monoisotopic (exact) mass is 200 g/mol. The molecule has 0 aliphatic carbocycles. The number of alkyl halides is 2. The summed E-state index contributed by atoms with van der Waals surface area (Å²) in [5, 5.41) is 8.53. The van der Waals surface area contributed by atoms with Gasteiger partial charge in [0.05, 0.1) is 0 Å². The van der Waals surface area contributed by atoms with Gasteiger partial charge in [0.25, 0.3) is 5.92 Å². The fraction of sp³-hybridized carbons (Fsp3) is 0.455. The van der Waals surface area contributed by atoms with Crippen molar-refractivity contribution >= 4 is 0 Å². The molecule has 0 atom stereocenters. The maximum Gasteiger partial charge on any atom is 0.295 e. The van der Waals surface area contributed by atoms with Gasteiger partial charge in [-0.05, 0) is 17.5 Å². The van der Waals surface area contributed by atoms with E-state index in [2.05, 4.69) is 0 Å². The summed E-state index contributed by atoms with van der Waals surface area (Å²) in [5.74, 6) is -2.92. The average molecular weight is 200 g/mol. The zero-order chi connectivity index (χ0) is 10.8. The molecule has 0 saturated carbocycles. The van der Waals surface area contributed by atoms with Gasteiger partial charge in [0.2, 0.25) is 0 Å². The topological polar surface area (TPSA) is 20.2 Å². The van der Waals surface area contributed by atoms with Crippen LogP contribution in [0.3, 0.4) is 0 Å². The molecular formula is C11H14F2O. The van der Waals surface area contributed by atoms with E-state index in [-0.39, 0.29) is 11.5 Å². The van der Waals surface area contributed by atoms with Crippen LogP contribution in [0.5, 0.6) is 0 Å². The minimum atomic E-state index is -3.13. The second kappa shape index (κ2) is 4.05. The lowest BCUT2D eigenvalue weighted by atomic mass is 9.98. The molecule has 0 saturated heterocycles. The van der Waals surface area contributed by atoms with Gasteiger partial charge in [0, 0.05) is 5.56 Å².